The summed E-state index contributed by atoms with van der Waals surface area (Å²) >= 11 is 0. The molecule has 52 valence electrons. The van der Waals surface area contributed by atoms with Crippen molar-refractivity contribution in [3.05, 3.63) is 29.8 Å². The summed E-state index contributed by atoms with van der Waals surface area (Å²) in [7, 11) is 0. The zero-order chi connectivity index (χ0) is 6.97. The number of rotatable bonds is 1. The molecule has 1 heterocycles. The first-order valence-electron chi connectivity index (χ1n) is 3.68. The molecule has 0 aliphatic carbocycles. The van der Waals surface area contributed by atoms with Crippen LogP contribution >= 0.6 is 0 Å². The molecule has 0 radical (unpaired) electrons. The molecule has 1 nitrogen and oxygen atoms in total. The number of aryl methyl sites for hydroxylation is 1. The highest BCUT2D eigenvalue weighted by Crippen LogP contribution is 2.21. The molecular weight excluding hydrogens is 122 g/mol. The molecule has 0 N–H and O–H groups in total. The zero-order valence-corrected chi connectivity index (χ0v) is 6.17. The van der Waals surface area contributed by atoms with Crippen molar-refractivity contribution in [1.82, 2.24) is 0 Å². The maximum atomic E-state index is 2.35. The van der Waals surface area contributed by atoms with Crippen molar-refractivity contribution >= 4 is 5.69 Å². The predicted molar refractivity (Wildman–Crippen MR) is 43.4 cm³/mol. The van der Waals surface area contributed by atoms with Crippen molar-refractivity contribution in [2.75, 3.05) is 18.0 Å². The van der Waals surface area contributed by atoms with Gasteiger partial charge < -0.3 is 4.90 Å². The molecule has 1 aromatic carbocycles. The molecule has 1 heteroatoms. The van der Waals surface area contributed by atoms with Crippen LogP contribution in [0.2, 0.25) is 0 Å². The van der Waals surface area contributed by atoms with Gasteiger partial charge in [0.15, 0.2) is 0 Å². The van der Waals surface area contributed by atoms with Crippen molar-refractivity contribution < 1.29 is 0 Å². The summed E-state index contributed by atoms with van der Waals surface area (Å²) in [6.07, 6.45) is 0. The summed E-state index contributed by atoms with van der Waals surface area (Å²) in [5, 5.41) is 0. The molecule has 0 atom stereocenters. The van der Waals surface area contributed by atoms with Crippen LogP contribution in [-0.2, 0) is 0 Å². The minimum absolute atomic E-state index is 1.24. The van der Waals surface area contributed by atoms with Gasteiger partial charge in [0.1, 0.15) is 0 Å². The fraction of sp³-hybridized carbons (Fsp3) is 0.333. The van der Waals surface area contributed by atoms with Crippen molar-refractivity contribution in [2.24, 2.45) is 0 Å². The average Bonchev–Trinajstić information content (AvgIpc) is 2.68. The Labute approximate surface area is 61.3 Å². The van der Waals surface area contributed by atoms with E-state index in [4.69, 9.17) is 0 Å². The highest BCUT2D eigenvalue weighted by Gasteiger charge is 2.16. The lowest BCUT2D eigenvalue weighted by atomic mass is 10.2. The molecule has 0 bridgehead atoms. The molecule has 0 amide bonds. The lowest BCUT2D eigenvalue weighted by Crippen LogP contribution is -1.89. The summed E-state index contributed by atoms with van der Waals surface area (Å²) in [4.78, 5) is 2.35. The smallest absolute Gasteiger partial charge is 0.0370 e. The number of nitrogens with zero attached hydrogens (tertiary/aromatic N) is 1. The third-order valence-corrected chi connectivity index (χ3v) is 1.81. The Bertz CT molecular complexity index is 238. The van der Waals surface area contributed by atoms with Gasteiger partial charge >= 0.3 is 0 Å². The van der Waals surface area contributed by atoms with E-state index in [9.17, 15) is 0 Å². The van der Waals surface area contributed by atoms with Crippen molar-refractivity contribution in [3.8, 4) is 0 Å². The second kappa shape index (κ2) is 2.01. The van der Waals surface area contributed by atoms with E-state index in [1.54, 1.807) is 0 Å². The molecule has 0 unspecified atom stereocenters. The highest BCUT2D eigenvalue weighted by atomic mass is 15.3. The molecular formula is C9H11N. The SMILES string of the molecule is Cc1cccc(N2CC2)c1. The quantitative estimate of drug-likeness (QED) is 0.528. The highest BCUT2D eigenvalue weighted by molar-refractivity contribution is 5.52. The zero-order valence-electron chi connectivity index (χ0n) is 6.17. The van der Waals surface area contributed by atoms with Crippen molar-refractivity contribution in [3.63, 3.8) is 0 Å². The first-order valence-corrected chi connectivity index (χ1v) is 3.68. The Balaban J connectivity index is 2.32. The van der Waals surface area contributed by atoms with Crippen LogP contribution in [0.5, 0.6) is 0 Å². The first-order chi connectivity index (χ1) is 4.86. The Hall–Kier alpha value is -0.980. The molecule has 1 fully saturated rings. The van der Waals surface area contributed by atoms with Crippen LogP contribution in [0.3, 0.4) is 0 Å². The second-order valence-corrected chi connectivity index (χ2v) is 2.83. The fourth-order valence-electron chi connectivity index (χ4n) is 1.13. The van der Waals surface area contributed by atoms with Crippen LogP contribution in [0.1, 0.15) is 5.56 Å². The van der Waals surface area contributed by atoms with Gasteiger partial charge in [-0.1, -0.05) is 12.1 Å². The van der Waals surface area contributed by atoms with Crippen molar-refractivity contribution in [1.29, 1.82) is 0 Å². The molecule has 0 spiro atoms. The van der Waals surface area contributed by atoms with Gasteiger partial charge in [0.2, 0.25) is 0 Å². The van der Waals surface area contributed by atoms with E-state index < -0.39 is 0 Å². The van der Waals surface area contributed by atoms with Crippen LogP contribution in [0.25, 0.3) is 0 Å². The standard InChI is InChI=1S/C9H11N/c1-8-3-2-4-9(7-8)10-5-6-10/h2-4,7H,5-6H2,1H3. The molecule has 1 aliphatic heterocycles. The predicted octanol–water partition coefficient (Wildman–Crippen LogP) is 1.82. The van der Waals surface area contributed by atoms with Gasteiger partial charge in [0, 0.05) is 18.8 Å². The monoisotopic (exact) mass is 133 g/mol. The molecule has 0 aromatic heterocycles. The number of anilines is 1. The molecule has 10 heavy (non-hydrogen) atoms. The number of hydrogen-bond donors (Lipinski definition) is 0. The van der Waals surface area contributed by atoms with Gasteiger partial charge in [-0.25, -0.2) is 0 Å². The molecule has 0 saturated carbocycles. The van der Waals surface area contributed by atoms with Gasteiger partial charge in [-0.3, -0.25) is 0 Å². The minimum atomic E-state index is 1.24. The summed E-state index contributed by atoms with van der Waals surface area (Å²) < 4.78 is 0. The number of benzene rings is 1. The minimum Gasteiger partial charge on any atom is -0.368 e. The summed E-state index contributed by atoms with van der Waals surface area (Å²) in [6, 6.07) is 8.64. The van der Waals surface area contributed by atoms with Gasteiger partial charge in [-0.05, 0) is 24.6 Å². The normalized spacial score (nSPS) is 15.5. The maximum Gasteiger partial charge on any atom is 0.0370 e. The second-order valence-electron chi connectivity index (χ2n) is 2.83. The Morgan fingerprint density at radius 2 is 2.10 bits per heavy atom. The van der Waals surface area contributed by atoms with E-state index in [1.807, 2.05) is 0 Å². The van der Waals surface area contributed by atoms with E-state index in [0.717, 1.165) is 0 Å². The van der Waals surface area contributed by atoms with E-state index in [-0.39, 0.29) is 0 Å². The van der Waals surface area contributed by atoms with E-state index in [1.165, 1.54) is 24.3 Å². The fourth-order valence-corrected chi connectivity index (χ4v) is 1.13. The first kappa shape index (κ1) is 5.78. The van der Waals surface area contributed by atoms with Crippen LogP contribution < -0.4 is 4.90 Å². The Kier molecular flexibility index (Phi) is 1.16. The van der Waals surface area contributed by atoms with Crippen LogP contribution in [0.4, 0.5) is 5.69 Å². The lowest BCUT2D eigenvalue weighted by Gasteiger charge is -2.01. The van der Waals surface area contributed by atoms with Crippen LogP contribution in [0.15, 0.2) is 24.3 Å². The van der Waals surface area contributed by atoms with Gasteiger partial charge in [0.05, 0.1) is 0 Å². The lowest BCUT2D eigenvalue weighted by molar-refractivity contribution is 1.36. The summed E-state index contributed by atoms with van der Waals surface area (Å²) in [5.41, 5.74) is 2.73. The largest absolute Gasteiger partial charge is 0.368 e. The van der Waals surface area contributed by atoms with Gasteiger partial charge in [0.25, 0.3) is 0 Å². The van der Waals surface area contributed by atoms with E-state index >= 15 is 0 Å². The topological polar surface area (TPSA) is 3.01 Å². The third-order valence-electron chi connectivity index (χ3n) is 1.81. The van der Waals surface area contributed by atoms with Gasteiger partial charge in [-0.15, -0.1) is 0 Å². The van der Waals surface area contributed by atoms with E-state index in [2.05, 4.69) is 36.1 Å². The number of hydrogen-bond acceptors (Lipinski definition) is 1. The van der Waals surface area contributed by atoms with Crippen molar-refractivity contribution in [2.45, 2.75) is 6.92 Å². The van der Waals surface area contributed by atoms with Gasteiger partial charge in [-0.2, -0.15) is 0 Å². The molecule has 1 aliphatic rings. The van der Waals surface area contributed by atoms with Crippen LogP contribution in [0, 0.1) is 6.92 Å². The maximum absolute atomic E-state index is 2.35. The Morgan fingerprint density at radius 3 is 2.70 bits per heavy atom. The molecule has 2 rings (SSSR count). The third kappa shape index (κ3) is 0.991. The van der Waals surface area contributed by atoms with E-state index in [0.29, 0.717) is 0 Å². The molecule has 1 saturated heterocycles. The summed E-state index contributed by atoms with van der Waals surface area (Å²) in [6.45, 7) is 4.61. The average molecular weight is 133 g/mol. The summed E-state index contributed by atoms with van der Waals surface area (Å²) in [5.74, 6) is 0. The Morgan fingerprint density at radius 1 is 1.30 bits per heavy atom. The van der Waals surface area contributed by atoms with Crippen LogP contribution in [-0.4, -0.2) is 13.1 Å². The molecule has 1 aromatic rings.